The Labute approximate surface area is 137 Å². The summed E-state index contributed by atoms with van der Waals surface area (Å²) in [5.74, 6) is 0. The van der Waals surface area contributed by atoms with Crippen molar-refractivity contribution >= 4 is 22.9 Å². The first-order valence-electron chi connectivity index (χ1n) is 7.97. The van der Waals surface area contributed by atoms with Crippen LogP contribution in [0.15, 0.2) is 30.5 Å². The van der Waals surface area contributed by atoms with Crippen LogP contribution in [0.4, 0.5) is 0 Å². The van der Waals surface area contributed by atoms with E-state index in [-0.39, 0.29) is 6.10 Å². The van der Waals surface area contributed by atoms with Gasteiger partial charge in [-0.15, -0.1) is 0 Å². The maximum Gasteiger partial charge on any atom is 0.0564 e. The summed E-state index contributed by atoms with van der Waals surface area (Å²) in [6.45, 7) is 9.11. The smallest absolute Gasteiger partial charge is 0.0564 e. The maximum atomic E-state index is 9.68. The fraction of sp³-hybridized carbons (Fsp3) is 0.444. The molecule has 0 radical (unpaired) electrons. The van der Waals surface area contributed by atoms with Gasteiger partial charge in [-0.3, -0.25) is 4.90 Å². The first-order chi connectivity index (χ1) is 10.6. The number of fused-ring (bicyclic) bond motifs is 1. The number of rotatable bonds is 3. The van der Waals surface area contributed by atoms with Crippen LogP contribution < -0.4 is 5.32 Å². The van der Waals surface area contributed by atoms with Crippen molar-refractivity contribution in [2.24, 2.45) is 0 Å². The fourth-order valence-electron chi connectivity index (χ4n) is 3.30. The third-order valence-corrected chi connectivity index (χ3v) is 4.83. The summed E-state index contributed by atoms with van der Waals surface area (Å²) in [6, 6.07) is 6.04. The quantitative estimate of drug-likeness (QED) is 0.895. The second-order valence-electron chi connectivity index (χ2n) is 6.11. The molecule has 0 aromatic heterocycles. The first kappa shape index (κ1) is 15.6. The Morgan fingerprint density at radius 3 is 2.73 bits per heavy atom. The summed E-state index contributed by atoms with van der Waals surface area (Å²) in [5.41, 5.74) is 5.82. The van der Waals surface area contributed by atoms with E-state index in [2.05, 4.69) is 29.8 Å². The van der Waals surface area contributed by atoms with Crippen molar-refractivity contribution < 1.29 is 5.11 Å². The predicted molar refractivity (Wildman–Crippen MR) is 92.5 cm³/mol. The van der Waals surface area contributed by atoms with Gasteiger partial charge in [-0.2, -0.15) is 0 Å². The number of hydrogen-bond acceptors (Lipinski definition) is 3. The summed E-state index contributed by atoms with van der Waals surface area (Å²) in [4.78, 5) is 2.42. The number of allylic oxidation sites excluding steroid dienone is 1. The Hall–Kier alpha value is -1.29. The topological polar surface area (TPSA) is 35.5 Å². The average molecular weight is 319 g/mol. The molecule has 3 nitrogen and oxygen atoms in total. The lowest BCUT2D eigenvalue weighted by Gasteiger charge is -2.33. The molecule has 2 aliphatic heterocycles. The molecule has 1 saturated heterocycles. The van der Waals surface area contributed by atoms with E-state index in [4.69, 9.17) is 11.6 Å². The zero-order valence-electron chi connectivity index (χ0n) is 13.0. The van der Waals surface area contributed by atoms with Crippen LogP contribution in [0.3, 0.4) is 0 Å². The molecular weight excluding hydrogens is 296 g/mol. The van der Waals surface area contributed by atoms with E-state index in [0.717, 1.165) is 55.2 Å². The van der Waals surface area contributed by atoms with E-state index in [9.17, 15) is 5.11 Å². The maximum absolute atomic E-state index is 9.68. The standard InChI is InChI=1S/C18H23ClN2O/c1-3-18-17(11-21-8-6-14(22)7-9-21)15-5-4-13(19)10-16(15)12(2)20-18/h4-5,10,14,20,22H,2-3,6-9,11H2,1H3. The molecule has 1 aromatic rings. The van der Waals surface area contributed by atoms with Crippen molar-refractivity contribution in [3.05, 3.63) is 46.6 Å². The number of benzene rings is 1. The molecule has 118 valence electrons. The highest BCUT2D eigenvalue weighted by Gasteiger charge is 2.24. The highest BCUT2D eigenvalue weighted by Crippen LogP contribution is 2.34. The summed E-state index contributed by atoms with van der Waals surface area (Å²) in [7, 11) is 0. The molecule has 3 rings (SSSR count). The minimum atomic E-state index is -0.133. The Balaban J connectivity index is 1.91. The van der Waals surface area contributed by atoms with Gasteiger partial charge in [-0.25, -0.2) is 0 Å². The van der Waals surface area contributed by atoms with Crippen LogP contribution in [0, 0.1) is 0 Å². The molecule has 0 aliphatic carbocycles. The molecule has 0 spiro atoms. The van der Waals surface area contributed by atoms with Crippen molar-refractivity contribution in [2.45, 2.75) is 32.3 Å². The van der Waals surface area contributed by atoms with E-state index >= 15 is 0 Å². The van der Waals surface area contributed by atoms with Gasteiger partial charge in [0.1, 0.15) is 0 Å². The van der Waals surface area contributed by atoms with Gasteiger partial charge >= 0.3 is 0 Å². The van der Waals surface area contributed by atoms with Gasteiger partial charge in [0.25, 0.3) is 0 Å². The zero-order valence-corrected chi connectivity index (χ0v) is 13.8. The Morgan fingerprint density at radius 1 is 1.32 bits per heavy atom. The van der Waals surface area contributed by atoms with E-state index < -0.39 is 0 Å². The molecular formula is C18H23ClN2O. The van der Waals surface area contributed by atoms with Gasteiger partial charge in [0, 0.05) is 41.6 Å². The molecule has 1 fully saturated rings. The van der Waals surface area contributed by atoms with Gasteiger partial charge in [0.2, 0.25) is 0 Å². The third-order valence-electron chi connectivity index (χ3n) is 4.59. The number of aliphatic hydroxyl groups excluding tert-OH is 1. The predicted octanol–water partition coefficient (Wildman–Crippen LogP) is 3.49. The van der Waals surface area contributed by atoms with E-state index in [1.54, 1.807) is 0 Å². The second kappa shape index (κ2) is 6.45. The largest absolute Gasteiger partial charge is 0.393 e. The number of aliphatic hydroxyl groups is 1. The van der Waals surface area contributed by atoms with Crippen LogP contribution in [0.5, 0.6) is 0 Å². The number of nitrogens with one attached hydrogen (secondary N) is 1. The highest BCUT2D eigenvalue weighted by atomic mass is 35.5. The van der Waals surface area contributed by atoms with Crippen LogP contribution in [-0.2, 0) is 0 Å². The molecule has 0 atom stereocenters. The van der Waals surface area contributed by atoms with Gasteiger partial charge < -0.3 is 10.4 Å². The number of likely N-dealkylation sites (tertiary alicyclic amines) is 1. The average Bonchev–Trinajstić information content (AvgIpc) is 2.52. The van der Waals surface area contributed by atoms with Crippen LogP contribution in [0.25, 0.3) is 11.3 Å². The van der Waals surface area contributed by atoms with Crippen molar-refractivity contribution in [3.8, 4) is 0 Å². The summed E-state index contributed by atoms with van der Waals surface area (Å²) < 4.78 is 0. The third kappa shape index (κ3) is 3.07. The molecule has 2 N–H and O–H groups in total. The fourth-order valence-corrected chi connectivity index (χ4v) is 3.47. The Kier molecular flexibility index (Phi) is 4.57. The molecule has 0 amide bonds. The number of nitrogens with zero attached hydrogens (tertiary/aromatic N) is 1. The van der Waals surface area contributed by atoms with E-state index in [0.29, 0.717) is 0 Å². The molecule has 2 aliphatic rings. The molecule has 0 unspecified atom stereocenters. The van der Waals surface area contributed by atoms with Crippen molar-refractivity contribution in [3.63, 3.8) is 0 Å². The van der Waals surface area contributed by atoms with Gasteiger partial charge in [0.15, 0.2) is 0 Å². The lowest BCUT2D eigenvalue weighted by Crippen LogP contribution is -2.38. The number of hydrogen-bond donors (Lipinski definition) is 2. The number of halogens is 1. The highest BCUT2D eigenvalue weighted by molar-refractivity contribution is 6.30. The van der Waals surface area contributed by atoms with Crippen molar-refractivity contribution in [1.82, 2.24) is 10.2 Å². The SMILES string of the molecule is C=C1NC(CC)=C(CN2CCC(O)CC2)c2ccc(Cl)cc21. The number of piperidine rings is 1. The molecule has 0 bridgehead atoms. The Bertz CT molecular complexity index is 616. The summed E-state index contributed by atoms with van der Waals surface area (Å²) in [5, 5.41) is 13.9. The lowest BCUT2D eigenvalue weighted by molar-refractivity contribution is 0.0888. The summed E-state index contributed by atoms with van der Waals surface area (Å²) >= 11 is 6.14. The van der Waals surface area contributed by atoms with Crippen LogP contribution in [-0.4, -0.2) is 35.7 Å². The molecule has 2 heterocycles. The van der Waals surface area contributed by atoms with Crippen LogP contribution in [0.1, 0.15) is 37.3 Å². The minimum Gasteiger partial charge on any atom is -0.393 e. The molecule has 4 heteroatoms. The van der Waals surface area contributed by atoms with E-state index in [1.165, 1.54) is 16.8 Å². The monoisotopic (exact) mass is 318 g/mol. The minimum absolute atomic E-state index is 0.133. The van der Waals surface area contributed by atoms with Crippen molar-refractivity contribution in [1.29, 1.82) is 0 Å². The summed E-state index contributed by atoms with van der Waals surface area (Å²) in [6.07, 6.45) is 2.55. The second-order valence-corrected chi connectivity index (χ2v) is 6.55. The molecule has 22 heavy (non-hydrogen) atoms. The first-order valence-corrected chi connectivity index (χ1v) is 8.35. The molecule has 0 saturated carbocycles. The van der Waals surface area contributed by atoms with Crippen LogP contribution >= 0.6 is 11.6 Å². The van der Waals surface area contributed by atoms with Crippen LogP contribution in [0.2, 0.25) is 5.02 Å². The van der Waals surface area contributed by atoms with Gasteiger partial charge in [0.05, 0.1) is 6.10 Å². The zero-order chi connectivity index (χ0) is 15.7. The normalized spacial score (nSPS) is 20.0. The lowest BCUT2D eigenvalue weighted by atomic mass is 9.91. The molecule has 1 aromatic carbocycles. The van der Waals surface area contributed by atoms with Gasteiger partial charge in [-0.05, 0) is 42.5 Å². The van der Waals surface area contributed by atoms with E-state index in [1.807, 2.05) is 12.1 Å². The van der Waals surface area contributed by atoms with Crippen molar-refractivity contribution in [2.75, 3.05) is 19.6 Å². The van der Waals surface area contributed by atoms with Gasteiger partial charge in [-0.1, -0.05) is 31.2 Å². The Morgan fingerprint density at radius 2 is 2.05 bits per heavy atom.